The number of aromatic nitrogens is 3. The van der Waals surface area contributed by atoms with E-state index in [1.807, 2.05) is 70.3 Å². The molecule has 0 amide bonds. The first-order chi connectivity index (χ1) is 20.1. The number of hydrogen-bond donors (Lipinski definition) is 0. The van der Waals surface area contributed by atoms with Gasteiger partial charge in [-0.3, -0.25) is 19.4 Å². The van der Waals surface area contributed by atoms with Gasteiger partial charge < -0.3 is 14.2 Å². The topological polar surface area (TPSA) is 95.8 Å². The van der Waals surface area contributed by atoms with E-state index < -0.39 is 11.7 Å². The van der Waals surface area contributed by atoms with Crippen LogP contribution in [-0.2, 0) is 16.0 Å². The summed E-state index contributed by atoms with van der Waals surface area (Å²) in [6.45, 7) is 8.84. The molecule has 1 fully saturated rings. The van der Waals surface area contributed by atoms with Crippen LogP contribution >= 0.6 is 0 Å². The zero-order valence-corrected chi connectivity index (χ0v) is 25.1. The third-order valence-electron chi connectivity index (χ3n) is 7.84. The number of rotatable bonds is 6. The molecular weight excluding hydrogens is 532 g/mol. The summed E-state index contributed by atoms with van der Waals surface area (Å²) in [5, 5.41) is 0.925. The third-order valence-corrected chi connectivity index (χ3v) is 7.84. The number of ether oxygens (including phenoxy) is 3. The molecule has 0 unspecified atom stereocenters. The summed E-state index contributed by atoms with van der Waals surface area (Å²) >= 11 is 0. The first-order valence-electron chi connectivity index (χ1n) is 14.2. The van der Waals surface area contributed by atoms with Gasteiger partial charge in [0.15, 0.2) is 0 Å². The van der Waals surface area contributed by atoms with Crippen molar-refractivity contribution in [2.45, 2.75) is 64.6 Å². The molecule has 0 N–H and O–H groups in total. The number of esters is 1. The fraction of sp³-hybridized carbons (Fsp3) is 0.394. The molecule has 9 nitrogen and oxygen atoms in total. The minimum atomic E-state index is -0.620. The van der Waals surface area contributed by atoms with Crippen molar-refractivity contribution in [1.29, 1.82) is 0 Å². The normalized spacial score (nSPS) is 17.7. The van der Waals surface area contributed by atoms with E-state index in [0.717, 1.165) is 58.4 Å². The number of nitrogens with zero attached hydrogens (tertiary/aromatic N) is 4. The van der Waals surface area contributed by atoms with Gasteiger partial charge >= 0.3 is 12.1 Å². The largest absolute Gasteiger partial charge is 0.496 e. The summed E-state index contributed by atoms with van der Waals surface area (Å²) in [5.74, 6) is 0.564. The molecule has 2 aromatic heterocycles. The Morgan fingerprint density at radius 3 is 2.57 bits per heavy atom. The van der Waals surface area contributed by atoms with E-state index in [4.69, 9.17) is 14.2 Å². The number of hydrogen-bond acceptors (Lipinski definition) is 8. The molecular formula is C33H38N4O5. The Kier molecular flexibility index (Phi) is 8.31. The van der Waals surface area contributed by atoms with E-state index in [9.17, 15) is 9.59 Å². The van der Waals surface area contributed by atoms with Gasteiger partial charge in [0.05, 0.1) is 31.0 Å². The van der Waals surface area contributed by atoms with Crippen LogP contribution < -0.4 is 4.74 Å². The third kappa shape index (κ3) is 5.87. The zero-order valence-electron chi connectivity index (χ0n) is 25.1. The van der Waals surface area contributed by atoms with Gasteiger partial charge in [-0.15, -0.1) is 0 Å². The molecule has 42 heavy (non-hydrogen) atoms. The monoisotopic (exact) mass is 570 g/mol. The predicted octanol–water partition coefficient (Wildman–Crippen LogP) is 6.44. The summed E-state index contributed by atoms with van der Waals surface area (Å²) < 4.78 is 18.3. The lowest BCUT2D eigenvalue weighted by atomic mass is 9.83. The van der Waals surface area contributed by atoms with Crippen LogP contribution in [0.15, 0.2) is 61.2 Å². The average molecular weight is 571 g/mol. The van der Waals surface area contributed by atoms with Crippen molar-refractivity contribution in [3.05, 3.63) is 89.1 Å². The molecule has 9 heteroatoms. The summed E-state index contributed by atoms with van der Waals surface area (Å²) in [4.78, 5) is 37.2. The highest BCUT2D eigenvalue weighted by Crippen LogP contribution is 2.42. The minimum absolute atomic E-state index is 0.102. The highest BCUT2D eigenvalue weighted by Gasteiger charge is 2.34. The Morgan fingerprint density at radius 2 is 1.88 bits per heavy atom. The van der Waals surface area contributed by atoms with Crippen molar-refractivity contribution in [3.8, 4) is 5.75 Å². The second-order valence-electron chi connectivity index (χ2n) is 11.7. The predicted molar refractivity (Wildman–Crippen MR) is 160 cm³/mol. The van der Waals surface area contributed by atoms with Crippen LogP contribution in [0.1, 0.15) is 78.3 Å². The summed E-state index contributed by atoms with van der Waals surface area (Å²) in [5.41, 5.74) is 4.46. The Labute approximate surface area is 246 Å². The maximum atomic E-state index is 13.1. The van der Waals surface area contributed by atoms with Gasteiger partial charge in [-0.05, 0) is 76.4 Å². The van der Waals surface area contributed by atoms with E-state index >= 15 is 0 Å². The SMILES string of the molecule is COC(=O)c1ccccc1[C@@H]1C[C@H](c2cnccn2)CCN1Cc1c(OC)cc(C)c2c1ccn2C(=O)OC(C)(C)C. The smallest absolute Gasteiger partial charge is 0.419 e. The van der Waals surface area contributed by atoms with Crippen molar-refractivity contribution in [2.75, 3.05) is 20.8 Å². The lowest BCUT2D eigenvalue weighted by Crippen LogP contribution is -2.37. The van der Waals surface area contributed by atoms with Crippen LogP contribution in [-0.4, -0.2) is 57.9 Å². The van der Waals surface area contributed by atoms with Gasteiger partial charge in [-0.1, -0.05) is 18.2 Å². The van der Waals surface area contributed by atoms with Crippen molar-refractivity contribution in [3.63, 3.8) is 0 Å². The number of carbonyl (C=O) groups excluding carboxylic acids is 2. The molecule has 1 saturated heterocycles. The maximum absolute atomic E-state index is 13.1. The molecule has 3 heterocycles. The van der Waals surface area contributed by atoms with E-state index in [-0.39, 0.29) is 17.9 Å². The number of benzene rings is 2. The Bertz CT molecular complexity index is 1590. The summed E-state index contributed by atoms with van der Waals surface area (Å²) in [7, 11) is 3.07. The number of carbonyl (C=O) groups is 2. The van der Waals surface area contributed by atoms with Gasteiger partial charge in [-0.25, -0.2) is 9.59 Å². The molecule has 1 aliphatic heterocycles. The Balaban J connectivity index is 1.58. The molecule has 1 aliphatic rings. The van der Waals surface area contributed by atoms with Crippen LogP contribution in [0.4, 0.5) is 4.79 Å². The van der Waals surface area contributed by atoms with Crippen LogP contribution in [0.2, 0.25) is 0 Å². The van der Waals surface area contributed by atoms with Gasteiger partial charge in [0.2, 0.25) is 0 Å². The fourth-order valence-electron chi connectivity index (χ4n) is 5.97. The van der Waals surface area contributed by atoms with Gasteiger partial charge in [0, 0.05) is 54.2 Å². The number of aryl methyl sites for hydroxylation is 1. The van der Waals surface area contributed by atoms with Crippen molar-refractivity contribution in [1.82, 2.24) is 19.4 Å². The number of piperidine rings is 1. The van der Waals surface area contributed by atoms with E-state index in [2.05, 4.69) is 14.9 Å². The first kappa shape index (κ1) is 29.3. The molecule has 0 saturated carbocycles. The standard InChI is InChI=1S/C33H38N4O5/c1-21-17-29(40-5)26(24-12-16-37(30(21)24)32(39)42-33(2,3)4)20-36-15-11-22(27-19-34-13-14-35-27)18-28(36)23-9-7-8-10-25(23)31(38)41-6/h7-10,12-14,16-17,19,22,28H,11,15,18,20H2,1-6H3/t22-,28+/m1/s1. The molecule has 4 aromatic rings. The van der Waals surface area contributed by atoms with Crippen LogP contribution in [0, 0.1) is 6.92 Å². The molecule has 0 bridgehead atoms. The Morgan fingerprint density at radius 1 is 1.10 bits per heavy atom. The van der Waals surface area contributed by atoms with Crippen LogP contribution in [0.25, 0.3) is 10.9 Å². The van der Waals surface area contributed by atoms with E-state index in [1.54, 1.807) is 30.3 Å². The van der Waals surface area contributed by atoms with Gasteiger partial charge in [0.1, 0.15) is 11.4 Å². The van der Waals surface area contributed by atoms with Crippen LogP contribution in [0.3, 0.4) is 0 Å². The molecule has 2 aromatic carbocycles. The van der Waals surface area contributed by atoms with Crippen molar-refractivity contribution >= 4 is 23.0 Å². The summed E-state index contributed by atoms with van der Waals surface area (Å²) in [6, 6.07) is 11.5. The quantitative estimate of drug-likeness (QED) is 0.245. The summed E-state index contributed by atoms with van der Waals surface area (Å²) in [6.07, 6.45) is 8.21. The number of likely N-dealkylation sites (tertiary alicyclic amines) is 1. The van der Waals surface area contributed by atoms with Gasteiger partial charge in [0.25, 0.3) is 0 Å². The van der Waals surface area contributed by atoms with Gasteiger partial charge in [-0.2, -0.15) is 0 Å². The lowest BCUT2D eigenvalue weighted by Gasteiger charge is -2.40. The van der Waals surface area contributed by atoms with Crippen molar-refractivity contribution < 1.29 is 23.8 Å². The number of methoxy groups -OCH3 is 2. The molecule has 0 radical (unpaired) electrons. The van der Waals surface area contributed by atoms with Crippen molar-refractivity contribution in [2.24, 2.45) is 0 Å². The molecule has 0 aliphatic carbocycles. The molecule has 5 rings (SSSR count). The van der Waals surface area contributed by atoms with E-state index in [0.29, 0.717) is 12.1 Å². The first-order valence-corrected chi connectivity index (χ1v) is 14.2. The molecule has 220 valence electrons. The zero-order chi connectivity index (χ0) is 30.0. The fourth-order valence-corrected chi connectivity index (χ4v) is 5.97. The maximum Gasteiger partial charge on any atom is 0.419 e. The minimum Gasteiger partial charge on any atom is -0.496 e. The Hall–Kier alpha value is -4.24. The molecule has 0 spiro atoms. The van der Waals surface area contributed by atoms with Crippen LogP contribution in [0.5, 0.6) is 5.75 Å². The molecule has 2 atom stereocenters. The second kappa shape index (κ2) is 11.9. The second-order valence-corrected chi connectivity index (χ2v) is 11.7. The van der Waals surface area contributed by atoms with E-state index in [1.165, 1.54) is 7.11 Å². The highest BCUT2D eigenvalue weighted by atomic mass is 16.6. The highest BCUT2D eigenvalue weighted by molar-refractivity contribution is 5.95. The number of fused-ring (bicyclic) bond motifs is 1. The lowest BCUT2D eigenvalue weighted by molar-refractivity contribution is 0.0542. The average Bonchev–Trinajstić information content (AvgIpc) is 3.44.